The van der Waals surface area contributed by atoms with Gasteiger partial charge in [-0.05, 0) is 25.0 Å². The van der Waals surface area contributed by atoms with Gasteiger partial charge in [0.05, 0.1) is 6.26 Å². The Labute approximate surface area is 131 Å². The van der Waals surface area contributed by atoms with E-state index in [1.807, 2.05) is 6.92 Å². The number of alkyl halides is 3. The fraction of sp³-hybridized carbons (Fsp3) is 0.600. The van der Waals surface area contributed by atoms with Gasteiger partial charge in [0.2, 0.25) is 0 Å². The summed E-state index contributed by atoms with van der Waals surface area (Å²) in [4.78, 5) is 12.2. The van der Waals surface area contributed by atoms with Crippen LogP contribution in [0.25, 0.3) is 0 Å². The summed E-state index contributed by atoms with van der Waals surface area (Å²) in [7, 11) is 0. The predicted molar refractivity (Wildman–Crippen MR) is 76.7 cm³/mol. The molecule has 23 heavy (non-hydrogen) atoms. The maximum absolute atomic E-state index is 13.3. The Hall–Kier alpha value is -1.83. The number of hydrazone groups is 1. The Morgan fingerprint density at radius 3 is 2.74 bits per heavy atom. The molecule has 0 spiro atoms. The summed E-state index contributed by atoms with van der Waals surface area (Å²) >= 11 is 0. The first kappa shape index (κ1) is 17.5. The quantitative estimate of drug-likeness (QED) is 0.808. The lowest BCUT2D eigenvalue weighted by Gasteiger charge is -2.32. The second-order valence-corrected chi connectivity index (χ2v) is 5.56. The number of furan rings is 1. The zero-order chi connectivity index (χ0) is 17.1. The first-order chi connectivity index (χ1) is 10.8. The molecule has 0 saturated heterocycles. The van der Waals surface area contributed by atoms with Crippen molar-refractivity contribution >= 4 is 11.6 Å². The van der Waals surface area contributed by atoms with Crippen LogP contribution in [0.4, 0.5) is 13.2 Å². The molecule has 1 aromatic rings. The van der Waals surface area contributed by atoms with Crippen molar-refractivity contribution < 1.29 is 27.5 Å². The molecule has 0 bridgehead atoms. The molecule has 128 valence electrons. The third kappa shape index (κ3) is 3.57. The third-order valence-corrected chi connectivity index (χ3v) is 3.74. The van der Waals surface area contributed by atoms with Gasteiger partial charge in [-0.25, -0.2) is 0 Å². The summed E-state index contributed by atoms with van der Waals surface area (Å²) in [6.45, 7) is 2.03. The van der Waals surface area contributed by atoms with Gasteiger partial charge in [-0.1, -0.05) is 26.2 Å². The second kappa shape index (κ2) is 6.74. The van der Waals surface area contributed by atoms with Gasteiger partial charge in [0.1, 0.15) is 0 Å². The average molecular weight is 332 g/mol. The van der Waals surface area contributed by atoms with Crippen molar-refractivity contribution in [3.05, 3.63) is 24.2 Å². The van der Waals surface area contributed by atoms with E-state index in [1.54, 1.807) is 0 Å². The number of halogens is 3. The van der Waals surface area contributed by atoms with Crippen molar-refractivity contribution in [3.63, 3.8) is 0 Å². The van der Waals surface area contributed by atoms with Crippen molar-refractivity contribution in [2.45, 2.75) is 57.3 Å². The molecule has 0 saturated carbocycles. The van der Waals surface area contributed by atoms with Crippen LogP contribution < -0.4 is 0 Å². The maximum Gasteiger partial charge on any atom is 0.438 e. The zero-order valence-corrected chi connectivity index (χ0v) is 12.8. The Bertz CT molecular complexity index is 569. The van der Waals surface area contributed by atoms with Crippen molar-refractivity contribution in [3.8, 4) is 0 Å². The summed E-state index contributed by atoms with van der Waals surface area (Å²) in [5.74, 6) is -1.41. The van der Waals surface area contributed by atoms with Crippen LogP contribution >= 0.6 is 0 Å². The van der Waals surface area contributed by atoms with Crippen LogP contribution in [0.15, 0.2) is 27.9 Å². The first-order valence-corrected chi connectivity index (χ1v) is 7.53. The van der Waals surface area contributed by atoms with Crippen molar-refractivity contribution in [1.82, 2.24) is 5.01 Å². The Morgan fingerprint density at radius 1 is 1.43 bits per heavy atom. The van der Waals surface area contributed by atoms with Crippen LogP contribution in [0.3, 0.4) is 0 Å². The highest BCUT2D eigenvalue weighted by Gasteiger charge is 2.63. The van der Waals surface area contributed by atoms with Crippen molar-refractivity contribution in [2.75, 3.05) is 0 Å². The van der Waals surface area contributed by atoms with Gasteiger partial charge >= 0.3 is 12.1 Å². The topological polar surface area (TPSA) is 66.0 Å². The summed E-state index contributed by atoms with van der Waals surface area (Å²) in [5.41, 5.74) is -3.16. The summed E-state index contributed by atoms with van der Waals surface area (Å²) in [6, 6.07) is 2.61. The molecule has 0 radical (unpaired) electrons. The lowest BCUT2D eigenvalue weighted by Crippen LogP contribution is -2.56. The minimum absolute atomic E-state index is 0.0982. The number of carbonyl (C=O) groups excluding carboxylic acids is 1. The van der Waals surface area contributed by atoms with Crippen LogP contribution in [0.1, 0.15) is 56.0 Å². The Kier molecular flexibility index (Phi) is 5.13. The largest absolute Gasteiger partial charge is 0.459 e. The van der Waals surface area contributed by atoms with Gasteiger partial charge in [0.15, 0.2) is 5.76 Å². The smallest absolute Gasteiger partial charge is 0.438 e. The van der Waals surface area contributed by atoms with Gasteiger partial charge < -0.3 is 9.52 Å². The van der Waals surface area contributed by atoms with Crippen molar-refractivity contribution in [1.29, 1.82) is 0 Å². The highest BCUT2D eigenvalue weighted by Crippen LogP contribution is 2.41. The molecule has 1 aromatic heterocycles. The van der Waals surface area contributed by atoms with Gasteiger partial charge in [-0.15, -0.1) is 0 Å². The van der Waals surface area contributed by atoms with Crippen molar-refractivity contribution in [2.24, 2.45) is 5.10 Å². The SMILES string of the molecule is CCCCCCC1=NN(C(=O)c2ccco2)[C@@](O)(C(F)(F)F)C1. The molecule has 1 aliphatic rings. The minimum atomic E-state index is -5.01. The second-order valence-electron chi connectivity index (χ2n) is 5.56. The Balaban J connectivity index is 2.19. The lowest BCUT2D eigenvalue weighted by atomic mass is 10.0. The molecular formula is C15H19F3N2O3. The van der Waals surface area contributed by atoms with E-state index in [2.05, 4.69) is 5.10 Å². The van der Waals surface area contributed by atoms with Gasteiger partial charge in [0.25, 0.3) is 5.72 Å². The van der Waals surface area contributed by atoms with E-state index in [4.69, 9.17) is 4.42 Å². The van der Waals surface area contributed by atoms with Crippen LogP contribution in [0, 0.1) is 0 Å². The molecule has 1 aliphatic heterocycles. The fourth-order valence-electron chi connectivity index (χ4n) is 2.45. The number of unbranched alkanes of at least 4 members (excludes halogenated alkanes) is 3. The molecule has 1 amide bonds. The predicted octanol–water partition coefficient (Wildman–Crippen LogP) is 3.70. The average Bonchev–Trinajstić information content (AvgIpc) is 3.11. The van der Waals surface area contributed by atoms with E-state index in [0.717, 1.165) is 19.3 Å². The Morgan fingerprint density at radius 2 is 2.17 bits per heavy atom. The number of nitrogens with zero attached hydrogens (tertiary/aromatic N) is 2. The maximum atomic E-state index is 13.3. The minimum Gasteiger partial charge on any atom is -0.459 e. The van der Waals surface area contributed by atoms with E-state index in [1.165, 1.54) is 18.4 Å². The van der Waals surface area contributed by atoms with Gasteiger partial charge in [-0.2, -0.15) is 23.3 Å². The highest BCUT2D eigenvalue weighted by molar-refractivity contribution is 5.96. The van der Waals surface area contributed by atoms with Crippen LogP contribution in [-0.4, -0.2) is 33.6 Å². The van der Waals surface area contributed by atoms with E-state index in [9.17, 15) is 23.1 Å². The number of rotatable bonds is 6. The first-order valence-electron chi connectivity index (χ1n) is 7.53. The number of hydrogen-bond donors (Lipinski definition) is 1. The highest BCUT2D eigenvalue weighted by atomic mass is 19.4. The van der Waals surface area contributed by atoms with Gasteiger partial charge in [-0.3, -0.25) is 4.79 Å². The fourth-order valence-corrected chi connectivity index (χ4v) is 2.45. The summed E-state index contributed by atoms with van der Waals surface area (Å²) in [6.07, 6.45) is -0.728. The molecular weight excluding hydrogens is 313 g/mol. The molecule has 0 fully saturated rings. The van der Waals surface area contributed by atoms with Gasteiger partial charge in [0, 0.05) is 12.1 Å². The lowest BCUT2D eigenvalue weighted by molar-refractivity contribution is -0.297. The number of hydrogen-bond acceptors (Lipinski definition) is 4. The van der Waals surface area contributed by atoms with Crippen LogP contribution in [0.5, 0.6) is 0 Å². The molecule has 2 rings (SSSR count). The third-order valence-electron chi connectivity index (χ3n) is 3.74. The molecule has 2 heterocycles. The molecule has 1 atom stereocenters. The number of carbonyl (C=O) groups is 1. The normalized spacial score (nSPS) is 21.6. The molecule has 0 aliphatic carbocycles. The molecule has 0 unspecified atom stereocenters. The zero-order valence-electron chi connectivity index (χ0n) is 12.8. The van der Waals surface area contributed by atoms with E-state index < -0.39 is 24.2 Å². The van der Waals surface area contributed by atoms with Crippen LogP contribution in [-0.2, 0) is 0 Å². The van der Waals surface area contributed by atoms with E-state index in [-0.39, 0.29) is 16.5 Å². The summed E-state index contributed by atoms with van der Waals surface area (Å²) in [5, 5.41) is 13.9. The molecule has 5 nitrogen and oxygen atoms in total. The number of amides is 1. The number of aliphatic hydroxyl groups is 1. The molecule has 0 aromatic carbocycles. The van der Waals surface area contributed by atoms with E-state index >= 15 is 0 Å². The van der Waals surface area contributed by atoms with E-state index in [0.29, 0.717) is 12.8 Å². The standard InChI is InChI=1S/C15H19F3N2O3/c1-2-3-4-5-7-11-10-14(22,15(16,17)18)20(19-11)13(21)12-8-6-9-23-12/h6,8-9,22H,2-5,7,10H2,1H3/t14-/m0/s1. The molecule has 8 heteroatoms. The van der Waals surface area contributed by atoms with Crippen LogP contribution in [0.2, 0.25) is 0 Å². The molecule has 1 N–H and O–H groups in total. The monoisotopic (exact) mass is 332 g/mol. The summed E-state index contributed by atoms with van der Waals surface area (Å²) < 4.78 is 44.6.